The summed E-state index contributed by atoms with van der Waals surface area (Å²) in [5, 5.41) is 2.99. The zero-order valence-electron chi connectivity index (χ0n) is 16.1. The molecule has 4 nitrogen and oxygen atoms in total. The normalized spacial score (nSPS) is 15.3. The van der Waals surface area contributed by atoms with Crippen LogP contribution in [0.1, 0.15) is 17.5 Å². The molecular weight excluding hydrogens is 367 g/mol. The van der Waals surface area contributed by atoms with Gasteiger partial charge >= 0.3 is 0 Å². The summed E-state index contributed by atoms with van der Waals surface area (Å²) in [6.07, 6.45) is 0.322. The third kappa shape index (κ3) is 4.74. The molecule has 0 bridgehead atoms. The van der Waals surface area contributed by atoms with E-state index in [0.717, 1.165) is 22.6 Å². The van der Waals surface area contributed by atoms with Gasteiger partial charge in [0.15, 0.2) is 0 Å². The zero-order valence-corrected chi connectivity index (χ0v) is 16.1. The number of amides is 1. The Balaban J connectivity index is 1.48. The molecule has 3 aromatic rings. The third-order valence-corrected chi connectivity index (χ3v) is 5.07. The topological polar surface area (TPSA) is 41.6 Å². The highest BCUT2D eigenvalue weighted by Gasteiger charge is 2.29. The molecule has 1 unspecified atom stereocenters. The highest BCUT2D eigenvalue weighted by atomic mass is 19.1. The van der Waals surface area contributed by atoms with Gasteiger partial charge in [-0.05, 0) is 35.4 Å². The fourth-order valence-electron chi connectivity index (χ4n) is 3.54. The molecule has 0 fully saturated rings. The fraction of sp³-hybridized carbons (Fsp3) is 0.208. The van der Waals surface area contributed by atoms with Crippen LogP contribution in [0.3, 0.4) is 0 Å². The predicted molar refractivity (Wildman–Crippen MR) is 111 cm³/mol. The van der Waals surface area contributed by atoms with Gasteiger partial charge in [0.25, 0.3) is 0 Å². The van der Waals surface area contributed by atoms with Crippen LogP contribution >= 0.6 is 0 Å². The molecule has 5 heteroatoms. The highest BCUT2D eigenvalue weighted by molar-refractivity contribution is 5.77. The highest BCUT2D eigenvalue weighted by Crippen LogP contribution is 2.35. The number of ether oxygens (including phenoxy) is 1. The number of hydrogen-bond acceptors (Lipinski definition) is 3. The van der Waals surface area contributed by atoms with Crippen molar-refractivity contribution in [3.05, 3.63) is 95.8 Å². The Morgan fingerprint density at radius 1 is 0.966 bits per heavy atom. The lowest BCUT2D eigenvalue weighted by molar-refractivity contribution is -0.121. The van der Waals surface area contributed by atoms with E-state index in [4.69, 9.17) is 4.74 Å². The van der Waals surface area contributed by atoms with Crippen LogP contribution < -0.4 is 15.0 Å². The zero-order chi connectivity index (χ0) is 20.1. The van der Waals surface area contributed by atoms with Gasteiger partial charge in [0.2, 0.25) is 5.91 Å². The summed E-state index contributed by atoms with van der Waals surface area (Å²) in [6, 6.07) is 24.0. The van der Waals surface area contributed by atoms with Crippen molar-refractivity contribution < 1.29 is 13.9 Å². The summed E-state index contributed by atoms with van der Waals surface area (Å²) in [5.74, 6) is 0.523. The summed E-state index contributed by atoms with van der Waals surface area (Å²) in [4.78, 5) is 14.8. The number of rotatable bonds is 6. The van der Waals surface area contributed by atoms with Gasteiger partial charge in [-0.2, -0.15) is 0 Å². The molecular formula is C24H23FN2O2. The first kappa shape index (κ1) is 19.0. The standard InChI is InChI=1S/C24H23FN2O2/c25-20-12-10-19(11-13-20)16-27-21(17-29-23-9-5-4-8-22(23)27)14-24(28)26-15-18-6-2-1-3-7-18/h1-13,21H,14-17H2,(H,26,28). The van der Waals surface area contributed by atoms with Crippen LogP contribution in [0.4, 0.5) is 10.1 Å². The average molecular weight is 390 g/mol. The number of carbonyl (C=O) groups excluding carboxylic acids is 1. The maximum absolute atomic E-state index is 13.3. The maximum Gasteiger partial charge on any atom is 0.222 e. The second kappa shape index (κ2) is 8.78. The first-order valence-corrected chi connectivity index (χ1v) is 9.72. The molecule has 1 N–H and O–H groups in total. The lowest BCUT2D eigenvalue weighted by Gasteiger charge is -2.38. The molecule has 3 aromatic carbocycles. The second-order valence-electron chi connectivity index (χ2n) is 7.15. The van der Waals surface area contributed by atoms with Crippen molar-refractivity contribution in [1.29, 1.82) is 0 Å². The third-order valence-electron chi connectivity index (χ3n) is 5.07. The van der Waals surface area contributed by atoms with E-state index < -0.39 is 0 Å². The first-order valence-electron chi connectivity index (χ1n) is 9.72. The van der Waals surface area contributed by atoms with Crippen LogP contribution in [0.5, 0.6) is 5.75 Å². The summed E-state index contributed by atoms with van der Waals surface area (Å²) < 4.78 is 19.2. The van der Waals surface area contributed by atoms with Crippen LogP contribution in [0.15, 0.2) is 78.9 Å². The van der Waals surface area contributed by atoms with Crippen molar-refractivity contribution in [3.8, 4) is 5.75 Å². The fourth-order valence-corrected chi connectivity index (χ4v) is 3.54. The van der Waals surface area contributed by atoms with Crippen LogP contribution in [0.2, 0.25) is 0 Å². The van der Waals surface area contributed by atoms with Crippen molar-refractivity contribution in [1.82, 2.24) is 5.32 Å². The Morgan fingerprint density at radius 3 is 2.48 bits per heavy atom. The molecule has 148 valence electrons. The summed E-state index contributed by atoms with van der Waals surface area (Å²) >= 11 is 0. The van der Waals surface area contributed by atoms with Gasteiger partial charge in [-0.1, -0.05) is 54.6 Å². The Labute approximate surface area is 169 Å². The number of anilines is 1. The van der Waals surface area contributed by atoms with Crippen molar-refractivity contribution in [3.63, 3.8) is 0 Å². The van der Waals surface area contributed by atoms with E-state index in [1.165, 1.54) is 12.1 Å². The predicted octanol–water partition coefficient (Wildman–Crippen LogP) is 4.30. The monoisotopic (exact) mass is 390 g/mol. The number of fused-ring (bicyclic) bond motifs is 1. The Hall–Kier alpha value is -3.34. The Bertz CT molecular complexity index is 960. The van der Waals surface area contributed by atoms with E-state index in [0.29, 0.717) is 26.1 Å². The molecule has 1 amide bonds. The first-order chi connectivity index (χ1) is 14.2. The summed E-state index contributed by atoms with van der Waals surface area (Å²) in [5.41, 5.74) is 3.00. The lowest BCUT2D eigenvalue weighted by Crippen LogP contribution is -2.45. The van der Waals surface area contributed by atoms with Crippen LogP contribution in [-0.4, -0.2) is 18.6 Å². The quantitative estimate of drug-likeness (QED) is 0.682. The number of hydrogen-bond donors (Lipinski definition) is 1. The van der Waals surface area contributed by atoms with Crippen molar-refractivity contribution >= 4 is 11.6 Å². The van der Waals surface area contributed by atoms with Crippen LogP contribution in [0.25, 0.3) is 0 Å². The molecule has 0 aliphatic carbocycles. The average Bonchev–Trinajstić information content (AvgIpc) is 2.76. The summed E-state index contributed by atoms with van der Waals surface area (Å²) in [6.45, 7) is 1.51. The van der Waals surface area contributed by atoms with Gasteiger partial charge < -0.3 is 15.0 Å². The number of nitrogens with zero attached hydrogens (tertiary/aromatic N) is 1. The number of nitrogens with one attached hydrogen (secondary N) is 1. The smallest absolute Gasteiger partial charge is 0.222 e. The van der Waals surface area contributed by atoms with E-state index in [2.05, 4.69) is 10.2 Å². The minimum atomic E-state index is -0.257. The molecule has 0 saturated heterocycles. The molecule has 1 heterocycles. The molecule has 0 saturated carbocycles. The lowest BCUT2D eigenvalue weighted by atomic mass is 10.1. The molecule has 0 radical (unpaired) electrons. The minimum Gasteiger partial charge on any atom is -0.489 e. The molecule has 29 heavy (non-hydrogen) atoms. The van der Waals surface area contributed by atoms with Gasteiger partial charge in [0, 0.05) is 13.1 Å². The van der Waals surface area contributed by atoms with Gasteiger partial charge in [-0.25, -0.2) is 4.39 Å². The minimum absolute atomic E-state index is 0.0223. The second-order valence-corrected chi connectivity index (χ2v) is 7.15. The van der Waals surface area contributed by atoms with E-state index in [9.17, 15) is 9.18 Å². The molecule has 1 aliphatic heterocycles. The van der Waals surface area contributed by atoms with E-state index in [1.807, 2.05) is 54.6 Å². The van der Waals surface area contributed by atoms with Crippen LogP contribution in [0, 0.1) is 5.82 Å². The van der Waals surface area contributed by atoms with Gasteiger partial charge in [-0.3, -0.25) is 4.79 Å². The Morgan fingerprint density at radius 2 is 1.69 bits per heavy atom. The molecule has 4 rings (SSSR count). The molecule has 0 spiro atoms. The van der Waals surface area contributed by atoms with Crippen molar-refractivity contribution in [2.24, 2.45) is 0 Å². The van der Waals surface area contributed by atoms with Gasteiger partial charge in [0.1, 0.15) is 18.2 Å². The molecule has 1 aliphatic rings. The van der Waals surface area contributed by atoms with Crippen molar-refractivity contribution in [2.75, 3.05) is 11.5 Å². The summed E-state index contributed by atoms with van der Waals surface area (Å²) in [7, 11) is 0. The Kier molecular flexibility index (Phi) is 5.75. The number of para-hydroxylation sites is 2. The van der Waals surface area contributed by atoms with Crippen LogP contribution in [-0.2, 0) is 17.9 Å². The van der Waals surface area contributed by atoms with Crippen molar-refractivity contribution in [2.45, 2.75) is 25.6 Å². The van der Waals surface area contributed by atoms with E-state index in [-0.39, 0.29) is 17.8 Å². The van der Waals surface area contributed by atoms with E-state index >= 15 is 0 Å². The van der Waals surface area contributed by atoms with Gasteiger partial charge in [0.05, 0.1) is 18.2 Å². The largest absolute Gasteiger partial charge is 0.489 e. The maximum atomic E-state index is 13.3. The number of carbonyl (C=O) groups is 1. The number of benzene rings is 3. The van der Waals surface area contributed by atoms with E-state index in [1.54, 1.807) is 12.1 Å². The van der Waals surface area contributed by atoms with Gasteiger partial charge in [-0.15, -0.1) is 0 Å². The molecule has 0 aromatic heterocycles. The molecule has 1 atom stereocenters. The SMILES string of the molecule is O=C(CC1COc2ccccc2N1Cc1ccc(F)cc1)NCc1ccccc1. The number of halogens is 1.